The van der Waals surface area contributed by atoms with E-state index in [9.17, 15) is 9.59 Å². The molecule has 1 aromatic heterocycles. The van der Waals surface area contributed by atoms with Crippen LogP contribution in [0.2, 0.25) is 5.02 Å². The minimum absolute atomic E-state index is 0.0308. The van der Waals surface area contributed by atoms with E-state index in [4.69, 9.17) is 11.6 Å². The average molecular weight is 358 g/mol. The van der Waals surface area contributed by atoms with Crippen LogP contribution in [-0.4, -0.2) is 34.8 Å². The van der Waals surface area contributed by atoms with Crippen molar-refractivity contribution in [2.24, 2.45) is 5.92 Å². The Morgan fingerprint density at radius 1 is 1.20 bits per heavy atom. The monoisotopic (exact) mass is 357 g/mol. The number of hydrogen-bond donors (Lipinski definition) is 1. The smallest absolute Gasteiger partial charge is 0.253 e. The Balaban J connectivity index is 1.49. The normalized spacial score (nSPS) is 15.0. The third-order valence-electron chi connectivity index (χ3n) is 4.41. The molecule has 0 bridgehead atoms. The van der Waals surface area contributed by atoms with Crippen LogP contribution in [0.5, 0.6) is 0 Å². The Bertz CT molecular complexity index is 743. The summed E-state index contributed by atoms with van der Waals surface area (Å²) >= 11 is 5.95. The van der Waals surface area contributed by atoms with Gasteiger partial charge in [-0.3, -0.25) is 14.6 Å². The van der Waals surface area contributed by atoms with Crippen molar-refractivity contribution in [3.05, 3.63) is 64.9 Å². The van der Waals surface area contributed by atoms with Crippen molar-refractivity contribution >= 4 is 23.4 Å². The van der Waals surface area contributed by atoms with Crippen molar-refractivity contribution in [2.45, 2.75) is 19.4 Å². The van der Waals surface area contributed by atoms with E-state index in [1.807, 2.05) is 12.1 Å². The molecule has 0 spiro atoms. The fraction of sp³-hybridized carbons (Fsp3) is 0.316. The number of nitrogens with one attached hydrogen (secondary N) is 1. The van der Waals surface area contributed by atoms with Gasteiger partial charge in [0.1, 0.15) is 0 Å². The molecule has 3 rings (SSSR count). The van der Waals surface area contributed by atoms with Crippen LogP contribution in [0.3, 0.4) is 0 Å². The highest BCUT2D eigenvalue weighted by molar-refractivity contribution is 6.30. The molecule has 1 fully saturated rings. The molecular weight excluding hydrogens is 338 g/mol. The quantitative estimate of drug-likeness (QED) is 0.915. The van der Waals surface area contributed by atoms with Crippen LogP contribution in [0.4, 0.5) is 0 Å². The first-order chi connectivity index (χ1) is 12.1. The van der Waals surface area contributed by atoms with E-state index in [2.05, 4.69) is 10.3 Å². The van der Waals surface area contributed by atoms with Crippen molar-refractivity contribution < 1.29 is 9.59 Å². The summed E-state index contributed by atoms with van der Waals surface area (Å²) in [7, 11) is 0. The third kappa shape index (κ3) is 4.57. The van der Waals surface area contributed by atoms with Crippen molar-refractivity contribution in [3.8, 4) is 0 Å². The second-order valence-corrected chi connectivity index (χ2v) is 6.59. The molecule has 2 aromatic rings. The average Bonchev–Trinajstić information content (AvgIpc) is 2.66. The molecule has 0 radical (unpaired) electrons. The molecule has 1 aromatic carbocycles. The second kappa shape index (κ2) is 8.12. The Morgan fingerprint density at radius 2 is 2.00 bits per heavy atom. The van der Waals surface area contributed by atoms with Crippen molar-refractivity contribution in [1.29, 1.82) is 0 Å². The molecule has 2 amide bonds. The number of aromatic nitrogens is 1. The summed E-state index contributed by atoms with van der Waals surface area (Å²) < 4.78 is 0. The maximum absolute atomic E-state index is 12.5. The first-order valence-corrected chi connectivity index (χ1v) is 8.73. The summed E-state index contributed by atoms with van der Waals surface area (Å²) in [4.78, 5) is 30.6. The fourth-order valence-electron chi connectivity index (χ4n) is 2.99. The van der Waals surface area contributed by atoms with Gasteiger partial charge in [0.25, 0.3) is 5.91 Å². The summed E-state index contributed by atoms with van der Waals surface area (Å²) in [6.45, 7) is 1.64. The van der Waals surface area contributed by atoms with Gasteiger partial charge in [-0.2, -0.15) is 0 Å². The van der Waals surface area contributed by atoms with Crippen molar-refractivity contribution in [3.63, 3.8) is 0 Å². The summed E-state index contributed by atoms with van der Waals surface area (Å²) in [5.41, 5.74) is 1.57. The van der Waals surface area contributed by atoms with Crippen LogP contribution in [0.25, 0.3) is 0 Å². The van der Waals surface area contributed by atoms with E-state index in [0.717, 1.165) is 5.56 Å². The standard InChI is InChI=1S/C19H20ClN3O2/c20-17-5-1-4-16(11-17)19(25)23-9-6-15(7-10-23)18(24)22-13-14-3-2-8-21-12-14/h1-5,8,11-12,15H,6-7,9-10,13H2,(H,22,24). The summed E-state index contributed by atoms with van der Waals surface area (Å²) in [5, 5.41) is 3.50. The Morgan fingerprint density at radius 3 is 2.68 bits per heavy atom. The molecular formula is C19H20ClN3O2. The topological polar surface area (TPSA) is 62.3 Å². The molecule has 0 aliphatic carbocycles. The van der Waals surface area contributed by atoms with Crippen molar-refractivity contribution in [1.82, 2.24) is 15.2 Å². The van der Waals surface area contributed by atoms with Gasteiger partial charge in [0, 0.05) is 48.5 Å². The molecule has 130 valence electrons. The number of rotatable bonds is 4. The van der Waals surface area contributed by atoms with E-state index in [1.54, 1.807) is 41.6 Å². The highest BCUT2D eigenvalue weighted by Crippen LogP contribution is 2.20. The van der Waals surface area contributed by atoms with Crippen LogP contribution >= 0.6 is 11.6 Å². The summed E-state index contributed by atoms with van der Waals surface area (Å²) in [6, 6.07) is 10.7. The fourth-order valence-corrected chi connectivity index (χ4v) is 3.18. The first-order valence-electron chi connectivity index (χ1n) is 8.35. The zero-order valence-electron chi connectivity index (χ0n) is 13.8. The number of carbonyl (C=O) groups excluding carboxylic acids is 2. The number of amides is 2. The maximum Gasteiger partial charge on any atom is 0.253 e. The van der Waals surface area contributed by atoms with Gasteiger partial charge in [-0.1, -0.05) is 23.7 Å². The Hall–Kier alpha value is -2.40. The molecule has 1 aliphatic rings. The molecule has 5 nitrogen and oxygen atoms in total. The second-order valence-electron chi connectivity index (χ2n) is 6.16. The van der Waals surface area contributed by atoms with Gasteiger partial charge < -0.3 is 10.2 Å². The van der Waals surface area contributed by atoms with Gasteiger partial charge in [0.05, 0.1) is 0 Å². The van der Waals surface area contributed by atoms with Crippen LogP contribution in [0.15, 0.2) is 48.8 Å². The molecule has 2 heterocycles. The molecule has 25 heavy (non-hydrogen) atoms. The molecule has 0 unspecified atom stereocenters. The lowest BCUT2D eigenvalue weighted by molar-refractivity contribution is -0.126. The summed E-state index contributed by atoms with van der Waals surface area (Å²) in [6.07, 6.45) is 4.79. The lowest BCUT2D eigenvalue weighted by Gasteiger charge is -2.31. The minimum Gasteiger partial charge on any atom is -0.352 e. The molecule has 1 N–H and O–H groups in total. The predicted molar refractivity (Wildman–Crippen MR) is 96.2 cm³/mol. The van der Waals surface area contributed by atoms with Crippen LogP contribution < -0.4 is 5.32 Å². The highest BCUT2D eigenvalue weighted by atomic mass is 35.5. The minimum atomic E-state index is -0.0555. The number of benzene rings is 1. The van der Waals surface area contributed by atoms with Crippen LogP contribution in [0.1, 0.15) is 28.8 Å². The largest absolute Gasteiger partial charge is 0.352 e. The van der Waals surface area contributed by atoms with Gasteiger partial charge in [-0.05, 0) is 42.7 Å². The number of hydrogen-bond acceptors (Lipinski definition) is 3. The van der Waals surface area contributed by atoms with Gasteiger partial charge in [0.2, 0.25) is 5.91 Å². The zero-order chi connectivity index (χ0) is 17.6. The summed E-state index contributed by atoms with van der Waals surface area (Å²) in [5.74, 6) is -0.0458. The third-order valence-corrected chi connectivity index (χ3v) is 4.65. The number of piperidine rings is 1. The van der Waals surface area contributed by atoms with E-state index in [1.165, 1.54) is 0 Å². The number of halogens is 1. The molecule has 0 atom stereocenters. The zero-order valence-corrected chi connectivity index (χ0v) is 14.6. The van der Waals surface area contributed by atoms with E-state index < -0.39 is 0 Å². The maximum atomic E-state index is 12.5. The number of likely N-dealkylation sites (tertiary alicyclic amines) is 1. The van der Waals surface area contributed by atoms with E-state index in [-0.39, 0.29) is 17.7 Å². The van der Waals surface area contributed by atoms with Gasteiger partial charge in [-0.15, -0.1) is 0 Å². The van der Waals surface area contributed by atoms with Gasteiger partial charge >= 0.3 is 0 Å². The van der Waals surface area contributed by atoms with E-state index >= 15 is 0 Å². The Labute approximate surface area is 152 Å². The molecule has 6 heteroatoms. The Kier molecular flexibility index (Phi) is 5.66. The lowest BCUT2D eigenvalue weighted by atomic mass is 9.95. The number of nitrogens with zero attached hydrogens (tertiary/aromatic N) is 2. The predicted octanol–water partition coefficient (Wildman–Crippen LogP) is 2.90. The van der Waals surface area contributed by atoms with Crippen LogP contribution in [-0.2, 0) is 11.3 Å². The molecule has 1 aliphatic heterocycles. The highest BCUT2D eigenvalue weighted by Gasteiger charge is 2.27. The SMILES string of the molecule is O=C(NCc1cccnc1)C1CCN(C(=O)c2cccc(Cl)c2)CC1. The number of pyridine rings is 1. The molecule has 0 saturated carbocycles. The van der Waals surface area contributed by atoms with E-state index in [0.29, 0.717) is 43.1 Å². The van der Waals surface area contributed by atoms with Crippen LogP contribution in [0, 0.1) is 5.92 Å². The molecule has 1 saturated heterocycles. The van der Waals surface area contributed by atoms with Gasteiger partial charge in [0.15, 0.2) is 0 Å². The lowest BCUT2D eigenvalue weighted by Crippen LogP contribution is -2.42. The first kappa shape index (κ1) is 17.4. The van der Waals surface area contributed by atoms with Crippen molar-refractivity contribution in [2.75, 3.05) is 13.1 Å². The number of carbonyl (C=O) groups is 2. The van der Waals surface area contributed by atoms with Gasteiger partial charge in [-0.25, -0.2) is 0 Å².